The third kappa shape index (κ3) is 4.75. The van der Waals surface area contributed by atoms with Crippen LogP contribution in [0.5, 0.6) is 0 Å². The number of unbranched alkanes of at least 4 members (excludes halogenated alkanes) is 2. The van der Waals surface area contributed by atoms with Gasteiger partial charge in [-0.1, -0.05) is 39.0 Å². The van der Waals surface area contributed by atoms with E-state index in [-0.39, 0.29) is 0 Å². The van der Waals surface area contributed by atoms with Crippen molar-refractivity contribution in [3.8, 4) is 0 Å². The van der Waals surface area contributed by atoms with E-state index >= 15 is 0 Å². The van der Waals surface area contributed by atoms with E-state index in [1.807, 2.05) is 0 Å². The molecular formula is C17H34N2. The number of rotatable bonds is 8. The Labute approximate surface area is 120 Å². The molecule has 1 saturated carbocycles. The highest BCUT2D eigenvalue weighted by Gasteiger charge is 2.34. The van der Waals surface area contributed by atoms with Gasteiger partial charge in [0.15, 0.2) is 0 Å². The Balaban J connectivity index is 1.58. The number of nitrogens with one attached hydrogen (secondary N) is 1. The molecule has 1 saturated heterocycles. The SMILES string of the molecule is CCCCCC(C)NCCN1CCC2CCCCC21. The molecule has 0 spiro atoms. The highest BCUT2D eigenvalue weighted by atomic mass is 15.2. The third-order valence-corrected chi connectivity index (χ3v) is 5.26. The number of nitrogens with zero attached hydrogens (tertiary/aromatic N) is 1. The normalized spacial score (nSPS) is 29.4. The molecule has 2 nitrogen and oxygen atoms in total. The van der Waals surface area contributed by atoms with E-state index in [1.54, 1.807) is 0 Å². The van der Waals surface area contributed by atoms with E-state index in [0.717, 1.165) is 12.0 Å². The van der Waals surface area contributed by atoms with Gasteiger partial charge in [-0.15, -0.1) is 0 Å². The predicted octanol–water partition coefficient (Wildman–Crippen LogP) is 3.81. The van der Waals surface area contributed by atoms with E-state index in [4.69, 9.17) is 0 Å². The molecule has 2 fully saturated rings. The Hall–Kier alpha value is -0.0800. The fourth-order valence-corrected chi connectivity index (χ4v) is 4.04. The Bertz CT molecular complexity index is 241. The maximum absolute atomic E-state index is 3.72. The smallest absolute Gasteiger partial charge is 0.0124 e. The van der Waals surface area contributed by atoms with Crippen LogP contribution in [0.15, 0.2) is 0 Å². The standard InChI is InChI=1S/C17H34N2/c1-3-4-5-8-15(2)18-12-14-19-13-11-16-9-6-7-10-17(16)19/h15-18H,3-14H2,1-2H3. The van der Waals surface area contributed by atoms with Crippen LogP contribution in [0.3, 0.4) is 0 Å². The summed E-state index contributed by atoms with van der Waals surface area (Å²) in [4.78, 5) is 2.77. The topological polar surface area (TPSA) is 15.3 Å². The van der Waals surface area contributed by atoms with Crippen molar-refractivity contribution in [3.63, 3.8) is 0 Å². The lowest BCUT2D eigenvalue weighted by Crippen LogP contribution is -2.40. The van der Waals surface area contributed by atoms with Gasteiger partial charge < -0.3 is 5.32 Å². The second kappa shape index (κ2) is 8.26. The van der Waals surface area contributed by atoms with E-state index < -0.39 is 0 Å². The Morgan fingerprint density at radius 2 is 2.00 bits per heavy atom. The second-order valence-corrected chi connectivity index (χ2v) is 6.79. The first-order chi connectivity index (χ1) is 9.31. The minimum atomic E-state index is 0.705. The fraction of sp³-hybridized carbons (Fsp3) is 1.00. The van der Waals surface area contributed by atoms with Crippen molar-refractivity contribution in [3.05, 3.63) is 0 Å². The van der Waals surface area contributed by atoms with Crippen molar-refractivity contribution in [1.29, 1.82) is 0 Å². The van der Waals surface area contributed by atoms with Gasteiger partial charge in [-0.2, -0.15) is 0 Å². The molecule has 3 atom stereocenters. The average Bonchev–Trinajstić information content (AvgIpc) is 2.83. The van der Waals surface area contributed by atoms with Gasteiger partial charge >= 0.3 is 0 Å². The zero-order valence-corrected chi connectivity index (χ0v) is 13.2. The van der Waals surface area contributed by atoms with Gasteiger partial charge in [0.25, 0.3) is 0 Å². The molecule has 1 N–H and O–H groups in total. The molecule has 1 heterocycles. The quantitative estimate of drug-likeness (QED) is 0.672. The number of hydrogen-bond acceptors (Lipinski definition) is 2. The molecule has 0 aromatic rings. The molecular weight excluding hydrogens is 232 g/mol. The lowest BCUT2D eigenvalue weighted by Gasteiger charge is -2.32. The molecule has 0 radical (unpaired) electrons. The summed E-state index contributed by atoms with van der Waals surface area (Å²) in [6, 6.07) is 1.64. The van der Waals surface area contributed by atoms with E-state index in [0.29, 0.717) is 6.04 Å². The molecule has 2 aliphatic rings. The molecule has 0 aromatic carbocycles. The summed E-state index contributed by atoms with van der Waals surface area (Å²) in [5, 5.41) is 3.72. The molecule has 0 aromatic heterocycles. The predicted molar refractivity (Wildman–Crippen MR) is 83.5 cm³/mol. The minimum Gasteiger partial charge on any atom is -0.313 e. The van der Waals surface area contributed by atoms with E-state index in [2.05, 4.69) is 24.1 Å². The largest absolute Gasteiger partial charge is 0.313 e. The molecule has 0 bridgehead atoms. The first-order valence-corrected chi connectivity index (χ1v) is 8.78. The minimum absolute atomic E-state index is 0.705. The lowest BCUT2D eigenvalue weighted by molar-refractivity contribution is 0.181. The molecule has 1 aliphatic carbocycles. The fourth-order valence-electron chi connectivity index (χ4n) is 4.04. The van der Waals surface area contributed by atoms with Crippen LogP contribution in [-0.2, 0) is 0 Å². The van der Waals surface area contributed by atoms with Crippen LogP contribution in [0.2, 0.25) is 0 Å². The van der Waals surface area contributed by atoms with Gasteiger partial charge in [0.1, 0.15) is 0 Å². The van der Waals surface area contributed by atoms with Crippen molar-refractivity contribution in [2.45, 2.75) is 83.7 Å². The Morgan fingerprint density at radius 1 is 1.16 bits per heavy atom. The van der Waals surface area contributed by atoms with Gasteiger partial charge in [0.05, 0.1) is 0 Å². The number of hydrogen-bond donors (Lipinski definition) is 1. The highest BCUT2D eigenvalue weighted by Crippen LogP contribution is 2.35. The van der Waals surface area contributed by atoms with Gasteiger partial charge in [0, 0.05) is 25.2 Å². The molecule has 112 valence electrons. The van der Waals surface area contributed by atoms with Gasteiger partial charge in [-0.3, -0.25) is 4.90 Å². The summed E-state index contributed by atoms with van der Waals surface area (Å²) in [5.74, 6) is 1.04. The van der Waals surface area contributed by atoms with E-state index in [1.165, 1.54) is 77.4 Å². The maximum atomic E-state index is 3.72. The van der Waals surface area contributed by atoms with Crippen LogP contribution in [0.1, 0.15) is 71.6 Å². The Kier molecular flexibility index (Phi) is 6.66. The zero-order chi connectivity index (χ0) is 13.5. The first-order valence-electron chi connectivity index (χ1n) is 8.78. The van der Waals surface area contributed by atoms with Crippen LogP contribution < -0.4 is 5.32 Å². The molecule has 0 amide bonds. The summed E-state index contributed by atoms with van der Waals surface area (Å²) >= 11 is 0. The van der Waals surface area contributed by atoms with Crippen LogP contribution in [0.25, 0.3) is 0 Å². The van der Waals surface area contributed by atoms with Gasteiger partial charge in [0.2, 0.25) is 0 Å². The van der Waals surface area contributed by atoms with Crippen molar-refractivity contribution < 1.29 is 0 Å². The van der Waals surface area contributed by atoms with Crippen molar-refractivity contribution >= 4 is 0 Å². The molecule has 2 rings (SSSR count). The molecule has 1 aliphatic heterocycles. The monoisotopic (exact) mass is 266 g/mol. The van der Waals surface area contributed by atoms with Crippen LogP contribution in [0, 0.1) is 5.92 Å². The van der Waals surface area contributed by atoms with Crippen LogP contribution in [-0.4, -0.2) is 36.6 Å². The van der Waals surface area contributed by atoms with Crippen molar-refractivity contribution in [1.82, 2.24) is 10.2 Å². The maximum Gasteiger partial charge on any atom is 0.0124 e. The summed E-state index contributed by atoms with van der Waals surface area (Å²) in [6.45, 7) is 8.46. The summed E-state index contributed by atoms with van der Waals surface area (Å²) in [5.41, 5.74) is 0. The molecule has 2 heteroatoms. The van der Waals surface area contributed by atoms with Crippen molar-refractivity contribution in [2.24, 2.45) is 5.92 Å². The third-order valence-electron chi connectivity index (χ3n) is 5.26. The van der Waals surface area contributed by atoms with Crippen LogP contribution in [0.4, 0.5) is 0 Å². The van der Waals surface area contributed by atoms with Gasteiger partial charge in [-0.05, 0) is 45.1 Å². The number of likely N-dealkylation sites (tertiary alicyclic amines) is 1. The zero-order valence-electron chi connectivity index (χ0n) is 13.2. The molecule has 3 unspecified atom stereocenters. The van der Waals surface area contributed by atoms with Crippen molar-refractivity contribution in [2.75, 3.05) is 19.6 Å². The van der Waals surface area contributed by atoms with Gasteiger partial charge in [-0.25, -0.2) is 0 Å². The average molecular weight is 266 g/mol. The number of fused-ring (bicyclic) bond motifs is 1. The lowest BCUT2D eigenvalue weighted by atomic mass is 9.85. The summed E-state index contributed by atoms with van der Waals surface area (Å²) in [6.07, 6.45) is 12.9. The second-order valence-electron chi connectivity index (χ2n) is 6.79. The highest BCUT2D eigenvalue weighted by molar-refractivity contribution is 4.89. The summed E-state index contributed by atoms with van der Waals surface area (Å²) in [7, 11) is 0. The molecule has 19 heavy (non-hydrogen) atoms. The Morgan fingerprint density at radius 3 is 2.84 bits per heavy atom. The first kappa shape index (κ1) is 15.3. The summed E-state index contributed by atoms with van der Waals surface area (Å²) < 4.78 is 0. The van der Waals surface area contributed by atoms with Crippen LogP contribution >= 0.6 is 0 Å². The van der Waals surface area contributed by atoms with E-state index in [9.17, 15) is 0 Å².